The zero-order valence-electron chi connectivity index (χ0n) is 7.79. The Labute approximate surface area is 85.8 Å². The van der Waals surface area contributed by atoms with E-state index in [1.165, 1.54) is 6.20 Å². The van der Waals surface area contributed by atoms with Crippen LogP contribution in [0.1, 0.15) is 10.5 Å². The normalized spacial score (nSPS) is 10.1. The summed E-state index contributed by atoms with van der Waals surface area (Å²) in [5.74, 6) is -0.956. The summed E-state index contributed by atoms with van der Waals surface area (Å²) >= 11 is 0. The largest absolute Gasteiger partial charge is 0.504 e. The number of nitrogens with zero attached hydrogens (tertiary/aromatic N) is 2. The predicted octanol–water partition coefficient (Wildman–Crippen LogP) is 0.677. The van der Waals surface area contributed by atoms with E-state index in [2.05, 4.69) is 4.98 Å². The van der Waals surface area contributed by atoms with E-state index in [4.69, 9.17) is 5.73 Å². The van der Waals surface area contributed by atoms with Gasteiger partial charge >= 0.3 is 0 Å². The minimum Gasteiger partial charge on any atom is -0.504 e. The Morgan fingerprint density at radius 2 is 2.07 bits per heavy atom. The van der Waals surface area contributed by atoms with Crippen molar-refractivity contribution in [3.8, 4) is 11.4 Å². The molecule has 2 aromatic heterocycles. The molecule has 0 radical (unpaired) electrons. The second-order valence-corrected chi connectivity index (χ2v) is 2.98. The van der Waals surface area contributed by atoms with Gasteiger partial charge < -0.3 is 15.4 Å². The van der Waals surface area contributed by atoms with E-state index in [9.17, 15) is 9.90 Å². The van der Waals surface area contributed by atoms with Crippen LogP contribution in [0.2, 0.25) is 0 Å². The molecule has 76 valence electrons. The third-order valence-electron chi connectivity index (χ3n) is 2.02. The van der Waals surface area contributed by atoms with Gasteiger partial charge in [-0.25, -0.2) is 4.98 Å². The van der Waals surface area contributed by atoms with Crippen LogP contribution >= 0.6 is 0 Å². The number of amides is 1. The van der Waals surface area contributed by atoms with Crippen LogP contribution in [-0.2, 0) is 0 Å². The van der Waals surface area contributed by atoms with E-state index >= 15 is 0 Å². The number of carbonyl (C=O) groups is 1. The molecule has 0 aliphatic heterocycles. The standard InChI is InChI=1S/C10H9N3O2/c11-10(15)8-9(14)7(3-4-12-8)13-5-1-2-6-13/h1-6,14H,(H2,11,15). The maximum Gasteiger partial charge on any atom is 0.271 e. The van der Waals surface area contributed by atoms with E-state index in [1.54, 1.807) is 23.0 Å². The van der Waals surface area contributed by atoms with Crippen molar-refractivity contribution >= 4 is 5.91 Å². The van der Waals surface area contributed by atoms with Gasteiger partial charge in [0, 0.05) is 18.6 Å². The fraction of sp³-hybridized carbons (Fsp3) is 0. The molecule has 3 N–H and O–H groups in total. The van der Waals surface area contributed by atoms with Gasteiger partial charge in [0.1, 0.15) is 0 Å². The number of pyridine rings is 1. The molecule has 2 heterocycles. The Morgan fingerprint density at radius 3 is 2.67 bits per heavy atom. The summed E-state index contributed by atoms with van der Waals surface area (Å²) in [5.41, 5.74) is 5.42. The third kappa shape index (κ3) is 1.54. The number of aromatic nitrogens is 2. The molecule has 2 rings (SSSR count). The first-order valence-corrected chi connectivity index (χ1v) is 4.31. The highest BCUT2D eigenvalue weighted by molar-refractivity contribution is 5.94. The minimum absolute atomic E-state index is 0.124. The average molecular weight is 203 g/mol. The third-order valence-corrected chi connectivity index (χ3v) is 2.02. The first kappa shape index (κ1) is 9.26. The molecule has 0 aromatic carbocycles. The maximum atomic E-state index is 10.9. The van der Waals surface area contributed by atoms with Crippen LogP contribution < -0.4 is 5.73 Å². The van der Waals surface area contributed by atoms with Gasteiger partial charge in [0.15, 0.2) is 11.4 Å². The van der Waals surface area contributed by atoms with Crippen LogP contribution in [0.4, 0.5) is 0 Å². The highest BCUT2D eigenvalue weighted by Crippen LogP contribution is 2.23. The lowest BCUT2D eigenvalue weighted by atomic mass is 10.2. The Kier molecular flexibility index (Phi) is 2.13. The molecule has 0 unspecified atom stereocenters. The molecular formula is C10H9N3O2. The number of primary amides is 1. The molecule has 0 spiro atoms. The lowest BCUT2D eigenvalue weighted by molar-refractivity contribution is 0.0992. The van der Waals surface area contributed by atoms with E-state index in [0.717, 1.165) is 0 Å². The molecule has 0 atom stereocenters. The Balaban J connectivity index is 2.59. The number of nitrogens with two attached hydrogens (primary N) is 1. The molecule has 1 amide bonds. The van der Waals surface area contributed by atoms with Crippen molar-refractivity contribution in [1.82, 2.24) is 9.55 Å². The topological polar surface area (TPSA) is 81.1 Å². The quantitative estimate of drug-likeness (QED) is 0.752. The molecule has 0 bridgehead atoms. The number of hydrogen-bond donors (Lipinski definition) is 2. The Morgan fingerprint density at radius 1 is 1.40 bits per heavy atom. The summed E-state index contributed by atoms with van der Waals surface area (Å²) in [4.78, 5) is 14.6. The molecule has 0 aliphatic carbocycles. The van der Waals surface area contributed by atoms with Gasteiger partial charge in [0.05, 0.1) is 5.69 Å². The highest BCUT2D eigenvalue weighted by atomic mass is 16.3. The van der Waals surface area contributed by atoms with E-state index < -0.39 is 5.91 Å². The van der Waals surface area contributed by atoms with Crippen molar-refractivity contribution < 1.29 is 9.90 Å². The molecule has 2 aromatic rings. The van der Waals surface area contributed by atoms with E-state index in [1.807, 2.05) is 12.1 Å². The first-order valence-electron chi connectivity index (χ1n) is 4.31. The lowest BCUT2D eigenvalue weighted by Gasteiger charge is -2.07. The monoisotopic (exact) mass is 203 g/mol. The summed E-state index contributed by atoms with van der Waals surface area (Å²) in [6.45, 7) is 0. The first-order chi connectivity index (χ1) is 7.20. The van der Waals surface area contributed by atoms with Crippen molar-refractivity contribution in [1.29, 1.82) is 0 Å². The molecule has 0 saturated heterocycles. The predicted molar refractivity (Wildman–Crippen MR) is 53.7 cm³/mol. The summed E-state index contributed by atoms with van der Waals surface area (Å²) in [5, 5.41) is 9.75. The van der Waals surface area contributed by atoms with Gasteiger partial charge in [-0.15, -0.1) is 0 Å². The number of hydrogen-bond acceptors (Lipinski definition) is 3. The smallest absolute Gasteiger partial charge is 0.271 e. The molecule has 15 heavy (non-hydrogen) atoms. The SMILES string of the molecule is NC(=O)c1nccc(-n2cccc2)c1O. The van der Waals surface area contributed by atoms with Gasteiger partial charge in [-0.2, -0.15) is 0 Å². The van der Waals surface area contributed by atoms with Crippen molar-refractivity contribution in [2.24, 2.45) is 5.73 Å². The molecule has 5 nitrogen and oxygen atoms in total. The Bertz CT molecular complexity index is 491. The fourth-order valence-electron chi connectivity index (χ4n) is 1.33. The molecular weight excluding hydrogens is 194 g/mol. The lowest BCUT2D eigenvalue weighted by Crippen LogP contribution is -2.13. The zero-order chi connectivity index (χ0) is 10.8. The van der Waals surface area contributed by atoms with Crippen molar-refractivity contribution in [2.45, 2.75) is 0 Å². The van der Waals surface area contributed by atoms with Crippen LogP contribution in [0.15, 0.2) is 36.8 Å². The molecule has 0 fully saturated rings. The van der Waals surface area contributed by atoms with Crippen LogP contribution in [-0.4, -0.2) is 20.6 Å². The second-order valence-electron chi connectivity index (χ2n) is 2.98. The Hall–Kier alpha value is -2.30. The molecule has 0 aliphatic rings. The van der Waals surface area contributed by atoms with E-state index in [-0.39, 0.29) is 11.4 Å². The summed E-state index contributed by atoms with van der Waals surface area (Å²) in [6, 6.07) is 5.22. The second kappa shape index (κ2) is 3.45. The van der Waals surface area contributed by atoms with Crippen LogP contribution in [0.25, 0.3) is 5.69 Å². The number of aromatic hydroxyl groups is 1. The fourth-order valence-corrected chi connectivity index (χ4v) is 1.33. The number of carbonyl (C=O) groups excluding carboxylic acids is 1. The van der Waals surface area contributed by atoms with Gasteiger partial charge in [-0.1, -0.05) is 0 Å². The maximum absolute atomic E-state index is 10.9. The van der Waals surface area contributed by atoms with Gasteiger partial charge in [0.2, 0.25) is 0 Å². The zero-order valence-corrected chi connectivity index (χ0v) is 7.79. The van der Waals surface area contributed by atoms with Crippen molar-refractivity contribution in [2.75, 3.05) is 0 Å². The van der Waals surface area contributed by atoms with Crippen LogP contribution in [0.3, 0.4) is 0 Å². The summed E-state index contributed by atoms with van der Waals surface area (Å²) in [7, 11) is 0. The van der Waals surface area contributed by atoms with Crippen LogP contribution in [0, 0.1) is 0 Å². The summed E-state index contributed by atoms with van der Waals surface area (Å²) < 4.78 is 1.67. The van der Waals surface area contributed by atoms with Crippen molar-refractivity contribution in [3.05, 3.63) is 42.5 Å². The number of rotatable bonds is 2. The van der Waals surface area contributed by atoms with E-state index in [0.29, 0.717) is 5.69 Å². The summed E-state index contributed by atoms with van der Waals surface area (Å²) in [6.07, 6.45) is 4.93. The molecule has 5 heteroatoms. The van der Waals surface area contributed by atoms with Crippen molar-refractivity contribution in [3.63, 3.8) is 0 Å². The van der Waals surface area contributed by atoms with Gasteiger partial charge in [-0.05, 0) is 18.2 Å². The van der Waals surface area contributed by atoms with Crippen LogP contribution in [0.5, 0.6) is 5.75 Å². The van der Waals surface area contributed by atoms with Gasteiger partial charge in [-0.3, -0.25) is 4.79 Å². The molecule has 0 saturated carbocycles. The van der Waals surface area contributed by atoms with Gasteiger partial charge in [0.25, 0.3) is 5.91 Å². The minimum atomic E-state index is -0.749. The highest BCUT2D eigenvalue weighted by Gasteiger charge is 2.13. The average Bonchev–Trinajstić information content (AvgIpc) is 2.70.